The first-order valence-electron chi connectivity index (χ1n) is 7.53. The molecule has 0 spiro atoms. The summed E-state index contributed by atoms with van der Waals surface area (Å²) in [6, 6.07) is 0.812. The van der Waals surface area contributed by atoms with Crippen LogP contribution < -0.4 is 5.32 Å². The highest BCUT2D eigenvalue weighted by Gasteiger charge is 2.40. The van der Waals surface area contributed by atoms with E-state index in [4.69, 9.17) is 4.52 Å². The minimum absolute atomic E-state index is 0.0477. The minimum atomic E-state index is -0.0477. The SMILES string of the molecule is CC(NC1CC2CCC1C2)c1nc(C(C)(C)C)no1. The van der Waals surface area contributed by atoms with E-state index in [1.165, 1.54) is 25.7 Å². The highest BCUT2D eigenvalue weighted by atomic mass is 16.5. The molecule has 2 fully saturated rings. The summed E-state index contributed by atoms with van der Waals surface area (Å²) in [5, 5.41) is 7.80. The number of nitrogens with zero attached hydrogens (tertiary/aromatic N) is 2. The third-order valence-electron chi connectivity index (χ3n) is 4.69. The first-order chi connectivity index (χ1) is 8.93. The Balaban J connectivity index is 1.64. The zero-order valence-corrected chi connectivity index (χ0v) is 12.4. The third kappa shape index (κ3) is 2.55. The summed E-state index contributed by atoms with van der Waals surface area (Å²) in [5.41, 5.74) is -0.0477. The van der Waals surface area contributed by atoms with Crippen molar-refractivity contribution < 1.29 is 4.52 Å². The molecule has 0 amide bonds. The lowest BCUT2D eigenvalue weighted by Gasteiger charge is -2.25. The number of aromatic nitrogens is 2. The summed E-state index contributed by atoms with van der Waals surface area (Å²) in [6.45, 7) is 8.45. The van der Waals surface area contributed by atoms with E-state index in [-0.39, 0.29) is 11.5 Å². The van der Waals surface area contributed by atoms with Crippen LogP contribution in [-0.2, 0) is 5.41 Å². The van der Waals surface area contributed by atoms with Gasteiger partial charge in [-0.25, -0.2) is 0 Å². The minimum Gasteiger partial charge on any atom is -0.338 e. The van der Waals surface area contributed by atoms with Crippen LogP contribution in [0.15, 0.2) is 4.52 Å². The predicted molar refractivity (Wildman–Crippen MR) is 73.8 cm³/mol. The number of rotatable bonds is 3. The molecule has 2 aliphatic carbocycles. The fraction of sp³-hybridized carbons (Fsp3) is 0.867. The first kappa shape index (κ1) is 13.1. The van der Waals surface area contributed by atoms with Gasteiger partial charge in [0.1, 0.15) is 0 Å². The fourth-order valence-corrected chi connectivity index (χ4v) is 3.56. The number of nitrogens with one attached hydrogen (secondary N) is 1. The van der Waals surface area contributed by atoms with E-state index in [1.54, 1.807) is 0 Å². The Morgan fingerprint density at radius 2 is 2.05 bits per heavy atom. The van der Waals surface area contributed by atoms with Gasteiger partial charge in [-0.3, -0.25) is 0 Å². The van der Waals surface area contributed by atoms with Crippen LogP contribution in [0.4, 0.5) is 0 Å². The van der Waals surface area contributed by atoms with Gasteiger partial charge in [0.05, 0.1) is 6.04 Å². The zero-order chi connectivity index (χ0) is 13.6. The Labute approximate surface area is 115 Å². The average molecular weight is 263 g/mol. The Morgan fingerprint density at radius 3 is 2.58 bits per heavy atom. The van der Waals surface area contributed by atoms with Crippen molar-refractivity contribution in [2.24, 2.45) is 11.8 Å². The molecule has 2 saturated carbocycles. The van der Waals surface area contributed by atoms with Gasteiger partial charge in [-0.2, -0.15) is 4.98 Å². The Kier molecular flexibility index (Phi) is 3.16. The molecule has 2 aliphatic rings. The maximum absolute atomic E-state index is 5.42. The van der Waals surface area contributed by atoms with Crippen molar-refractivity contribution in [3.05, 3.63) is 11.7 Å². The summed E-state index contributed by atoms with van der Waals surface area (Å²) >= 11 is 0. The van der Waals surface area contributed by atoms with Gasteiger partial charge in [-0.15, -0.1) is 0 Å². The molecule has 0 aliphatic heterocycles. The zero-order valence-electron chi connectivity index (χ0n) is 12.4. The van der Waals surface area contributed by atoms with E-state index in [9.17, 15) is 0 Å². The molecule has 0 saturated heterocycles. The molecule has 1 aromatic heterocycles. The van der Waals surface area contributed by atoms with Crippen molar-refractivity contribution in [1.29, 1.82) is 0 Å². The van der Waals surface area contributed by atoms with Crippen LogP contribution in [0.25, 0.3) is 0 Å². The molecule has 3 rings (SSSR count). The Hall–Kier alpha value is -0.900. The summed E-state index contributed by atoms with van der Waals surface area (Å²) in [7, 11) is 0. The second kappa shape index (κ2) is 4.58. The van der Waals surface area contributed by atoms with Gasteiger partial charge in [0.2, 0.25) is 5.89 Å². The quantitative estimate of drug-likeness (QED) is 0.909. The molecule has 0 radical (unpaired) electrons. The van der Waals surface area contributed by atoms with E-state index in [2.05, 4.69) is 43.2 Å². The number of hydrogen-bond acceptors (Lipinski definition) is 4. The van der Waals surface area contributed by atoms with Gasteiger partial charge < -0.3 is 9.84 Å². The van der Waals surface area contributed by atoms with Gasteiger partial charge in [0, 0.05) is 11.5 Å². The maximum Gasteiger partial charge on any atom is 0.243 e. The average Bonchev–Trinajstić information content (AvgIpc) is 3.03. The summed E-state index contributed by atoms with van der Waals surface area (Å²) in [4.78, 5) is 4.55. The van der Waals surface area contributed by atoms with Crippen molar-refractivity contribution in [3.63, 3.8) is 0 Å². The van der Waals surface area contributed by atoms with Crippen molar-refractivity contribution in [3.8, 4) is 0 Å². The van der Waals surface area contributed by atoms with Crippen molar-refractivity contribution in [2.75, 3.05) is 0 Å². The topological polar surface area (TPSA) is 51.0 Å². The second-order valence-corrected chi connectivity index (χ2v) is 7.38. The molecule has 1 aromatic rings. The van der Waals surface area contributed by atoms with Gasteiger partial charge in [-0.05, 0) is 38.0 Å². The standard InChI is InChI=1S/C15H25N3O/c1-9(13-17-14(18-19-13)15(2,3)4)16-12-8-10-5-6-11(12)7-10/h9-12,16H,5-8H2,1-4H3. The molecule has 1 N–H and O–H groups in total. The Morgan fingerprint density at radius 1 is 1.26 bits per heavy atom. The van der Waals surface area contributed by atoms with Crippen LogP contribution >= 0.6 is 0 Å². The molecule has 4 heteroatoms. The molecular formula is C15H25N3O. The van der Waals surface area contributed by atoms with Crippen molar-refractivity contribution in [2.45, 2.75) is 70.9 Å². The molecule has 2 bridgehead atoms. The molecule has 19 heavy (non-hydrogen) atoms. The van der Waals surface area contributed by atoms with Gasteiger partial charge in [0.15, 0.2) is 5.82 Å². The van der Waals surface area contributed by atoms with Crippen molar-refractivity contribution in [1.82, 2.24) is 15.5 Å². The normalized spacial score (nSPS) is 31.9. The summed E-state index contributed by atoms with van der Waals surface area (Å²) in [6.07, 6.45) is 5.58. The van der Waals surface area contributed by atoms with Gasteiger partial charge >= 0.3 is 0 Å². The molecule has 4 atom stereocenters. The van der Waals surface area contributed by atoms with E-state index in [0.29, 0.717) is 6.04 Å². The van der Waals surface area contributed by atoms with Crippen LogP contribution in [0.1, 0.15) is 71.1 Å². The van der Waals surface area contributed by atoms with Crippen LogP contribution in [0.5, 0.6) is 0 Å². The maximum atomic E-state index is 5.42. The lowest BCUT2D eigenvalue weighted by atomic mass is 9.94. The second-order valence-electron chi connectivity index (χ2n) is 7.38. The molecule has 106 valence electrons. The third-order valence-corrected chi connectivity index (χ3v) is 4.69. The Bertz CT molecular complexity index is 448. The molecule has 4 unspecified atom stereocenters. The summed E-state index contributed by atoms with van der Waals surface area (Å²) < 4.78 is 5.42. The van der Waals surface area contributed by atoms with E-state index < -0.39 is 0 Å². The van der Waals surface area contributed by atoms with Gasteiger partial charge in [-0.1, -0.05) is 32.3 Å². The molecule has 4 nitrogen and oxygen atoms in total. The van der Waals surface area contributed by atoms with Crippen LogP contribution in [0.3, 0.4) is 0 Å². The van der Waals surface area contributed by atoms with Gasteiger partial charge in [0.25, 0.3) is 0 Å². The van der Waals surface area contributed by atoms with Crippen LogP contribution in [0, 0.1) is 11.8 Å². The predicted octanol–water partition coefficient (Wildman–Crippen LogP) is 3.21. The highest BCUT2D eigenvalue weighted by Crippen LogP contribution is 2.45. The highest BCUT2D eigenvalue weighted by molar-refractivity contribution is 5.03. The number of fused-ring (bicyclic) bond motifs is 2. The largest absolute Gasteiger partial charge is 0.338 e. The fourth-order valence-electron chi connectivity index (χ4n) is 3.56. The summed E-state index contributed by atoms with van der Waals surface area (Å²) in [5.74, 6) is 3.36. The smallest absolute Gasteiger partial charge is 0.243 e. The van der Waals surface area contributed by atoms with Crippen LogP contribution in [0.2, 0.25) is 0 Å². The first-order valence-corrected chi connectivity index (χ1v) is 7.53. The lowest BCUT2D eigenvalue weighted by molar-refractivity contribution is 0.281. The molecular weight excluding hydrogens is 238 g/mol. The van der Waals surface area contributed by atoms with E-state index in [1.807, 2.05) is 0 Å². The lowest BCUT2D eigenvalue weighted by Crippen LogP contribution is -2.35. The molecule has 0 aromatic carbocycles. The van der Waals surface area contributed by atoms with Crippen LogP contribution in [-0.4, -0.2) is 16.2 Å². The monoisotopic (exact) mass is 263 g/mol. The van der Waals surface area contributed by atoms with E-state index >= 15 is 0 Å². The van der Waals surface area contributed by atoms with Crippen molar-refractivity contribution >= 4 is 0 Å². The van der Waals surface area contributed by atoms with E-state index in [0.717, 1.165) is 23.6 Å². The molecule has 1 heterocycles. The number of hydrogen-bond donors (Lipinski definition) is 1.